The zero-order valence-electron chi connectivity index (χ0n) is 9.76. The molecule has 86 valence electrons. The van der Waals surface area contributed by atoms with Gasteiger partial charge in [0.25, 0.3) is 0 Å². The van der Waals surface area contributed by atoms with Crippen molar-refractivity contribution in [2.75, 3.05) is 11.9 Å². The molecule has 1 spiro atoms. The van der Waals surface area contributed by atoms with Crippen molar-refractivity contribution in [3.05, 3.63) is 29.8 Å². The molecule has 0 unspecified atom stereocenters. The number of fused-ring (bicyclic) bond motifs is 1. The Bertz CT molecular complexity index is 338. The first-order chi connectivity index (χ1) is 7.88. The van der Waals surface area contributed by atoms with Gasteiger partial charge < -0.3 is 10.6 Å². The second-order valence-electron chi connectivity index (χ2n) is 5.21. The second-order valence-corrected chi connectivity index (χ2v) is 5.21. The molecule has 1 aliphatic heterocycles. The van der Waals surface area contributed by atoms with Gasteiger partial charge in [0.2, 0.25) is 0 Å². The van der Waals surface area contributed by atoms with Crippen LogP contribution in [0.1, 0.15) is 37.7 Å². The predicted octanol–water partition coefficient (Wildman–Crippen LogP) is 2.90. The Labute approximate surface area is 97.4 Å². The zero-order valence-corrected chi connectivity index (χ0v) is 9.76. The summed E-state index contributed by atoms with van der Waals surface area (Å²) in [6, 6.07) is 8.65. The van der Waals surface area contributed by atoms with Gasteiger partial charge in [-0.1, -0.05) is 37.5 Å². The van der Waals surface area contributed by atoms with E-state index in [1.165, 1.54) is 43.4 Å². The van der Waals surface area contributed by atoms with Gasteiger partial charge in [0.15, 0.2) is 0 Å². The number of hydrogen-bond acceptors (Lipinski definition) is 2. The molecule has 16 heavy (non-hydrogen) atoms. The van der Waals surface area contributed by atoms with Gasteiger partial charge in [0.1, 0.15) is 0 Å². The molecule has 0 bridgehead atoms. The molecular weight excluding hydrogens is 196 g/mol. The molecule has 3 rings (SSSR count). The fraction of sp³-hybridized carbons (Fsp3) is 0.571. The van der Waals surface area contributed by atoms with Crippen LogP contribution in [0.2, 0.25) is 0 Å². The highest BCUT2D eigenvalue weighted by molar-refractivity contribution is 5.52. The molecular formula is C14H20N2. The minimum Gasteiger partial charge on any atom is -0.383 e. The first kappa shape index (κ1) is 10.2. The van der Waals surface area contributed by atoms with E-state index in [9.17, 15) is 0 Å². The maximum Gasteiger partial charge on any atom is 0.0386 e. The van der Waals surface area contributed by atoms with Crippen molar-refractivity contribution in [3.8, 4) is 0 Å². The lowest BCUT2D eigenvalue weighted by molar-refractivity contribution is 0.246. The quantitative estimate of drug-likeness (QED) is 0.697. The molecule has 1 aromatic rings. The van der Waals surface area contributed by atoms with Crippen molar-refractivity contribution < 1.29 is 0 Å². The van der Waals surface area contributed by atoms with Crippen LogP contribution >= 0.6 is 0 Å². The molecule has 0 atom stereocenters. The second kappa shape index (κ2) is 4.10. The Kier molecular flexibility index (Phi) is 2.60. The minimum atomic E-state index is 0.358. The van der Waals surface area contributed by atoms with E-state index < -0.39 is 0 Å². The van der Waals surface area contributed by atoms with E-state index in [1.54, 1.807) is 0 Å². The van der Waals surface area contributed by atoms with E-state index in [1.807, 2.05) is 0 Å². The summed E-state index contributed by atoms with van der Waals surface area (Å²) in [6.07, 6.45) is 6.83. The highest BCUT2D eigenvalue weighted by Crippen LogP contribution is 2.31. The fourth-order valence-corrected chi connectivity index (χ4v) is 3.04. The highest BCUT2D eigenvalue weighted by atomic mass is 15.1. The smallest absolute Gasteiger partial charge is 0.0386 e. The summed E-state index contributed by atoms with van der Waals surface area (Å²) >= 11 is 0. The monoisotopic (exact) mass is 216 g/mol. The lowest BCUT2D eigenvalue weighted by Gasteiger charge is -2.37. The van der Waals surface area contributed by atoms with Crippen molar-refractivity contribution >= 4 is 5.69 Å². The Morgan fingerprint density at radius 1 is 1.00 bits per heavy atom. The number of rotatable bonds is 0. The number of anilines is 1. The van der Waals surface area contributed by atoms with Crippen molar-refractivity contribution in [1.29, 1.82) is 0 Å². The first-order valence-corrected chi connectivity index (χ1v) is 6.45. The van der Waals surface area contributed by atoms with Gasteiger partial charge in [-0.25, -0.2) is 0 Å². The molecule has 1 fully saturated rings. The van der Waals surface area contributed by atoms with Gasteiger partial charge in [-0.2, -0.15) is 0 Å². The van der Waals surface area contributed by atoms with Crippen LogP contribution in [-0.4, -0.2) is 12.1 Å². The van der Waals surface area contributed by atoms with Crippen LogP contribution in [0, 0.1) is 0 Å². The average Bonchev–Trinajstić information content (AvgIpc) is 2.52. The molecule has 0 saturated heterocycles. The summed E-state index contributed by atoms with van der Waals surface area (Å²) in [5.74, 6) is 0. The van der Waals surface area contributed by atoms with E-state index >= 15 is 0 Å². The van der Waals surface area contributed by atoms with Crippen LogP contribution in [-0.2, 0) is 6.54 Å². The van der Waals surface area contributed by atoms with Crippen LogP contribution in [0.15, 0.2) is 24.3 Å². The Hall–Kier alpha value is -1.02. The van der Waals surface area contributed by atoms with Crippen molar-refractivity contribution in [2.45, 2.75) is 44.2 Å². The molecule has 0 aromatic heterocycles. The molecule has 0 amide bonds. The van der Waals surface area contributed by atoms with Gasteiger partial charge in [-0.15, -0.1) is 0 Å². The maximum atomic E-state index is 3.79. The van der Waals surface area contributed by atoms with Crippen LogP contribution < -0.4 is 10.6 Å². The topological polar surface area (TPSA) is 24.1 Å². The molecule has 2 aliphatic rings. The summed E-state index contributed by atoms with van der Waals surface area (Å²) in [5, 5.41) is 7.41. The molecule has 2 nitrogen and oxygen atoms in total. The summed E-state index contributed by atoms with van der Waals surface area (Å²) < 4.78 is 0. The molecule has 2 N–H and O–H groups in total. The van der Waals surface area contributed by atoms with Gasteiger partial charge >= 0.3 is 0 Å². The van der Waals surface area contributed by atoms with Crippen LogP contribution in [0.4, 0.5) is 5.69 Å². The number of nitrogens with one attached hydrogen (secondary N) is 2. The van der Waals surface area contributed by atoms with E-state index in [0.29, 0.717) is 5.54 Å². The van der Waals surface area contributed by atoms with Crippen molar-refractivity contribution in [2.24, 2.45) is 0 Å². The van der Waals surface area contributed by atoms with E-state index in [0.717, 1.165) is 13.1 Å². The summed E-state index contributed by atoms with van der Waals surface area (Å²) in [4.78, 5) is 0. The standard InChI is InChI=1S/C14H20N2/c1-4-8-14(9-5-1)11-15-13-7-3-2-6-12(13)10-16-14/h2-3,6-7,15-16H,1,4-5,8-11H2. The first-order valence-electron chi connectivity index (χ1n) is 6.45. The average molecular weight is 216 g/mol. The van der Waals surface area contributed by atoms with Crippen LogP contribution in [0.25, 0.3) is 0 Å². The predicted molar refractivity (Wildman–Crippen MR) is 67.6 cm³/mol. The molecule has 1 heterocycles. The minimum absolute atomic E-state index is 0.358. The highest BCUT2D eigenvalue weighted by Gasteiger charge is 2.32. The van der Waals surface area contributed by atoms with Gasteiger partial charge in [0, 0.05) is 24.3 Å². The number of hydrogen-bond donors (Lipinski definition) is 2. The molecule has 0 radical (unpaired) electrons. The number of benzene rings is 1. The Morgan fingerprint density at radius 3 is 2.69 bits per heavy atom. The Morgan fingerprint density at radius 2 is 1.81 bits per heavy atom. The lowest BCUT2D eigenvalue weighted by atomic mass is 9.81. The fourth-order valence-electron chi connectivity index (χ4n) is 3.04. The largest absolute Gasteiger partial charge is 0.383 e. The number of para-hydroxylation sites is 1. The van der Waals surface area contributed by atoms with Gasteiger partial charge in [-0.3, -0.25) is 0 Å². The van der Waals surface area contributed by atoms with Crippen molar-refractivity contribution in [3.63, 3.8) is 0 Å². The third kappa shape index (κ3) is 1.82. The van der Waals surface area contributed by atoms with E-state index in [4.69, 9.17) is 0 Å². The zero-order chi connectivity index (χ0) is 10.8. The molecule has 1 aliphatic carbocycles. The lowest BCUT2D eigenvalue weighted by Crippen LogP contribution is -2.50. The molecule has 1 aromatic carbocycles. The van der Waals surface area contributed by atoms with E-state index in [-0.39, 0.29) is 0 Å². The third-order valence-electron chi connectivity index (χ3n) is 4.10. The third-order valence-corrected chi connectivity index (χ3v) is 4.10. The molecule has 2 heteroatoms. The Balaban J connectivity index is 1.81. The summed E-state index contributed by atoms with van der Waals surface area (Å²) in [5.41, 5.74) is 3.08. The van der Waals surface area contributed by atoms with Crippen molar-refractivity contribution in [1.82, 2.24) is 5.32 Å². The maximum absolute atomic E-state index is 3.79. The van der Waals surface area contributed by atoms with E-state index in [2.05, 4.69) is 34.9 Å². The van der Waals surface area contributed by atoms with Gasteiger partial charge in [0.05, 0.1) is 0 Å². The summed E-state index contributed by atoms with van der Waals surface area (Å²) in [6.45, 7) is 2.10. The van der Waals surface area contributed by atoms with Crippen LogP contribution in [0.3, 0.4) is 0 Å². The SMILES string of the molecule is c1ccc2c(c1)CNC1(CCCCC1)CN2. The molecule has 1 saturated carbocycles. The summed E-state index contributed by atoms with van der Waals surface area (Å²) in [7, 11) is 0. The van der Waals surface area contributed by atoms with Crippen LogP contribution in [0.5, 0.6) is 0 Å². The normalized spacial score (nSPS) is 23.2. The van der Waals surface area contributed by atoms with Gasteiger partial charge in [-0.05, 0) is 24.5 Å².